The fraction of sp³-hybridized carbons (Fsp3) is 0.500. The number of likely N-dealkylation sites (tertiary alicyclic amines) is 1. The van der Waals surface area contributed by atoms with Crippen LogP contribution in [0.25, 0.3) is 0 Å². The van der Waals surface area contributed by atoms with Crippen LogP contribution in [-0.2, 0) is 0 Å². The monoisotopic (exact) mass is 302 g/mol. The molecule has 2 atom stereocenters. The second-order valence-electron chi connectivity index (χ2n) is 4.47. The highest BCUT2D eigenvalue weighted by molar-refractivity contribution is 9.10. The van der Waals surface area contributed by atoms with E-state index in [9.17, 15) is 0 Å². The van der Waals surface area contributed by atoms with Gasteiger partial charge in [-0.15, -0.1) is 0 Å². The Balaban J connectivity index is 2.08. The van der Waals surface area contributed by atoms with Gasteiger partial charge in [-0.1, -0.05) is 17.7 Å². The lowest BCUT2D eigenvalue weighted by atomic mass is 10.2. The van der Waals surface area contributed by atoms with E-state index in [1.54, 1.807) is 0 Å². The van der Waals surface area contributed by atoms with Crippen LogP contribution in [0, 0.1) is 0 Å². The van der Waals surface area contributed by atoms with Crippen LogP contribution in [0.2, 0.25) is 5.02 Å². The predicted octanol–water partition coefficient (Wildman–Crippen LogP) is 3.61. The lowest BCUT2D eigenvalue weighted by Crippen LogP contribution is -2.25. The van der Waals surface area contributed by atoms with Gasteiger partial charge >= 0.3 is 0 Å². The fourth-order valence-corrected chi connectivity index (χ4v) is 2.69. The SMILES string of the molecule is CC1CC(Nc2cccc(Cl)c2Br)CN1C. The Morgan fingerprint density at radius 1 is 1.50 bits per heavy atom. The molecule has 2 nitrogen and oxygen atoms in total. The van der Waals surface area contributed by atoms with Crippen LogP contribution in [0.3, 0.4) is 0 Å². The van der Waals surface area contributed by atoms with Gasteiger partial charge in [0.15, 0.2) is 0 Å². The summed E-state index contributed by atoms with van der Waals surface area (Å²) >= 11 is 9.57. The molecule has 0 saturated carbocycles. The van der Waals surface area contributed by atoms with E-state index in [1.165, 1.54) is 6.42 Å². The van der Waals surface area contributed by atoms with Gasteiger partial charge in [0.2, 0.25) is 0 Å². The number of likely N-dealkylation sites (N-methyl/N-ethyl adjacent to an activating group) is 1. The van der Waals surface area contributed by atoms with Crippen LogP contribution in [0.5, 0.6) is 0 Å². The van der Waals surface area contributed by atoms with Crippen molar-refractivity contribution in [3.05, 3.63) is 27.7 Å². The van der Waals surface area contributed by atoms with Gasteiger partial charge in [-0.25, -0.2) is 0 Å². The number of hydrogen-bond acceptors (Lipinski definition) is 2. The zero-order valence-electron chi connectivity index (χ0n) is 9.50. The number of nitrogens with one attached hydrogen (secondary N) is 1. The first-order valence-electron chi connectivity index (χ1n) is 5.48. The van der Waals surface area contributed by atoms with E-state index in [4.69, 9.17) is 11.6 Å². The normalized spacial score (nSPS) is 26.0. The molecular weight excluding hydrogens is 288 g/mol. The summed E-state index contributed by atoms with van der Waals surface area (Å²) in [6.07, 6.45) is 1.18. The summed E-state index contributed by atoms with van der Waals surface area (Å²) in [7, 11) is 2.17. The molecule has 0 radical (unpaired) electrons. The molecule has 0 bridgehead atoms. The number of halogens is 2. The lowest BCUT2D eigenvalue weighted by molar-refractivity contribution is 0.330. The summed E-state index contributed by atoms with van der Waals surface area (Å²) in [4.78, 5) is 2.37. The van der Waals surface area contributed by atoms with Crippen molar-refractivity contribution in [1.29, 1.82) is 0 Å². The Morgan fingerprint density at radius 3 is 2.88 bits per heavy atom. The van der Waals surface area contributed by atoms with Crippen LogP contribution < -0.4 is 5.32 Å². The Bertz CT molecular complexity index is 373. The fourth-order valence-electron chi connectivity index (χ4n) is 2.13. The molecule has 1 aliphatic heterocycles. The van der Waals surface area contributed by atoms with Crippen LogP contribution >= 0.6 is 27.5 Å². The highest BCUT2D eigenvalue weighted by Crippen LogP contribution is 2.31. The van der Waals surface area contributed by atoms with Crippen molar-refractivity contribution in [1.82, 2.24) is 4.90 Å². The topological polar surface area (TPSA) is 15.3 Å². The smallest absolute Gasteiger partial charge is 0.0593 e. The minimum Gasteiger partial charge on any atom is -0.380 e. The maximum atomic E-state index is 6.06. The van der Waals surface area contributed by atoms with E-state index in [2.05, 4.69) is 46.2 Å². The van der Waals surface area contributed by atoms with Gasteiger partial charge in [-0.3, -0.25) is 0 Å². The Kier molecular flexibility index (Phi) is 3.77. The minimum atomic E-state index is 0.509. The molecule has 2 unspecified atom stereocenters. The molecule has 16 heavy (non-hydrogen) atoms. The van der Waals surface area contributed by atoms with Crippen molar-refractivity contribution in [2.75, 3.05) is 18.9 Å². The predicted molar refractivity (Wildman–Crippen MR) is 73.3 cm³/mol. The van der Waals surface area contributed by atoms with Gasteiger partial charge in [0.25, 0.3) is 0 Å². The first-order chi connectivity index (χ1) is 7.58. The molecule has 4 heteroatoms. The molecule has 0 aliphatic carbocycles. The maximum absolute atomic E-state index is 6.06. The molecule has 1 aliphatic rings. The molecule has 0 spiro atoms. The van der Waals surface area contributed by atoms with Crippen molar-refractivity contribution in [3.63, 3.8) is 0 Å². The maximum Gasteiger partial charge on any atom is 0.0593 e. The van der Waals surface area contributed by atoms with Crippen molar-refractivity contribution < 1.29 is 0 Å². The van der Waals surface area contributed by atoms with Crippen LogP contribution in [0.4, 0.5) is 5.69 Å². The van der Waals surface area contributed by atoms with Crippen molar-refractivity contribution >= 4 is 33.2 Å². The highest BCUT2D eigenvalue weighted by Gasteiger charge is 2.26. The molecule has 1 aromatic rings. The molecule has 1 fully saturated rings. The van der Waals surface area contributed by atoms with Gasteiger partial charge < -0.3 is 10.2 Å². The van der Waals surface area contributed by atoms with E-state index in [-0.39, 0.29) is 0 Å². The number of rotatable bonds is 2. The van der Waals surface area contributed by atoms with Crippen LogP contribution in [-0.4, -0.2) is 30.6 Å². The highest BCUT2D eigenvalue weighted by atomic mass is 79.9. The summed E-state index contributed by atoms with van der Waals surface area (Å²) in [5, 5.41) is 4.29. The van der Waals surface area contributed by atoms with E-state index in [0.717, 1.165) is 21.7 Å². The standard InChI is InChI=1S/C12H16BrClN2/c1-8-6-9(7-16(8)2)15-11-5-3-4-10(14)12(11)13/h3-5,8-9,15H,6-7H2,1-2H3. The largest absolute Gasteiger partial charge is 0.380 e. The molecule has 2 rings (SSSR count). The molecule has 0 aromatic heterocycles. The summed E-state index contributed by atoms with van der Waals surface area (Å²) < 4.78 is 0.957. The second kappa shape index (κ2) is 4.94. The van der Waals surface area contributed by atoms with E-state index in [0.29, 0.717) is 12.1 Å². The lowest BCUT2D eigenvalue weighted by Gasteiger charge is -2.16. The minimum absolute atomic E-state index is 0.509. The molecule has 0 amide bonds. The van der Waals surface area contributed by atoms with Crippen molar-refractivity contribution in [2.45, 2.75) is 25.4 Å². The Labute approximate surface area is 110 Å². The van der Waals surface area contributed by atoms with Crippen molar-refractivity contribution in [2.24, 2.45) is 0 Å². The summed E-state index contributed by atoms with van der Waals surface area (Å²) in [6, 6.07) is 7.07. The molecular formula is C12H16BrClN2. The molecule has 88 valence electrons. The van der Waals surface area contributed by atoms with E-state index >= 15 is 0 Å². The summed E-state index contributed by atoms with van der Waals surface area (Å²) in [5.74, 6) is 0. The molecule has 1 saturated heterocycles. The Hall–Kier alpha value is -0.250. The summed E-state index contributed by atoms with van der Waals surface area (Å²) in [5.41, 5.74) is 1.08. The van der Waals surface area contributed by atoms with Crippen LogP contribution in [0.15, 0.2) is 22.7 Å². The average molecular weight is 304 g/mol. The molecule has 1 aromatic carbocycles. The van der Waals surface area contributed by atoms with Gasteiger partial charge in [0.1, 0.15) is 0 Å². The van der Waals surface area contributed by atoms with Gasteiger partial charge in [-0.05, 0) is 48.5 Å². The number of benzene rings is 1. The first-order valence-corrected chi connectivity index (χ1v) is 6.66. The second-order valence-corrected chi connectivity index (χ2v) is 5.67. The van der Waals surface area contributed by atoms with E-state index in [1.807, 2.05) is 12.1 Å². The van der Waals surface area contributed by atoms with E-state index < -0.39 is 0 Å². The third-order valence-corrected chi connectivity index (χ3v) is 4.60. The first kappa shape index (κ1) is 12.2. The molecule has 1 N–H and O–H groups in total. The van der Waals surface area contributed by atoms with Crippen molar-refractivity contribution in [3.8, 4) is 0 Å². The third-order valence-electron chi connectivity index (χ3n) is 3.20. The zero-order valence-corrected chi connectivity index (χ0v) is 11.8. The summed E-state index contributed by atoms with van der Waals surface area (Å²) in [6.45, 7) is 3.34. The Morgan fingerprint density at radius 2 is 2.25 bits per heavy atom. The van der Waals surface area contributed by atoms with Gasteiger partial charge in [-0.2, -0.15) is 0 Å². The third kappa shape index (κ3) is 2.53. The zero-order chi connectivity index (χ0) is 11.7. The number of anilines is 1. The number of nitrogens with zero attached hydrogens (tertiary/aromatic N) is 1. The van der Waals surface area contributed by atoms with Gasteiger partial charge in [0.05, 0.1) is 15.2 Å². The molecule has 1 heterocycles. The number of hydrogen-bond donors (Lipinski definition) is 1. The average Bonchev–Trinajstić information content (AvgIpc) is 2.54. The van der Waals surface area contributed by atoms with Gasteiger partial charge in [0, 0.05) is 18.6 Å². The van der Waals surface area contributed by atoms with Crippen LogP contribution in [0.1, 0.15) is 13.3 Å². The quantitative estimate of drug-likeness (QED) is 0.898.